The highest BCUT2D eigenvalue weighted by molar-refractivity contribution is 5.69. The molecular formula is C6H18IN3O2. The van der Waals surface area contributed by atoms with Gasteiger partial charge in [-0.05, 0) is 0 Å². The Bertz CT molecular complexity index is 110. The Morgan fingerprint density at radius 2 is 1.58 bits per heavy atom. The summed E-state index contributed by atoms with van der Waals surface area (Å²) in [5, 5.41) is 8.39. The van der Waals surface area contributed by atoms with Crippen LogP contribution in [0.4, 0.5) is 4.79 Å². The van der Waals surface area contributed by atoms with Gasteiger partial charge in [-0.3, -0.25) is 0 Å². The molecule has 5 nitrogen and oxygen atoms in total. The molecule has 0 bridgehead atoms. The molecule has 0 radical (unpaired) electrons. The molecule has 0 atom stereocenters. The van der Waals surface area contributed by atoms with E-state index in [1.165, 1.54) is 0 Å². The van der Waals surface area contributed by atoms with Crippen LogP contribution < -0.4 is 35.4 Å². The van der Waals surface area contributed by atoms with Crippen molar-refractivity contribution >= 4 is 6.03 Å². The van der Waals surface area contributed by atoms with Gasteiger partial charge in [-0.2, -0.15) is 0 Å². The number of nitrogens with two attached hydrogens (primary N) is 2. The highest BCUT2D eigenvalue weighted by Crippen LogP contribution is 1.84. The van der Waals surface area contributed by atoms with Crippen LogP contribution in [0.3, 0.4) is 0 Å². The van der Waals surface area contributed by atoms with Crippen LogP contribution in [0.1, 0.15) is 0 Å². The summed E-state index contributed by atoms with van der Waals surface area (Å²) in [5.41, 5.74) is 8.50. The first-order valence-corrected chi connectivity index (χ1v) is 3.26. The maximum atomic E-state index is 9.00. The van der Waals surface area contributed by atoms with Crippen molar-refractivity contribution in [1.82, 2.24) is 0 Å². The summed E-state index contributed by atoms with van der Waals surface area (Å²) in [6, 6.07) is -0.833. The minimum atomic E-state index is -0.833. The molecule has 0 aromatic heterocycles. The molecule has 5 N–H and O–H groups in total. The normalized spacial score (nSPS) is 9.00. The van der Waals surface area contributed by atoms with E-state index in [4.69, 9.17) is 9.90 Å². The topological polar surface area (TPSA) is 89.3 Å². The zero-order valence-electron chi connectivity index (χ0n) is 7.75. The van der Waals surface area contributed by atoms with Gasteiger partial charge in [0.1, 0.15) is 6.54 Å². The van der Waals surface area contributed by atoms with E-state index in [9.17, 15) is 0 Å². The molecule has 0 aliphatic rings. The number of amides is 2. The summed E-state index contributed by atoms with van der Waals surface area (Å²) < 4.78 is 0.844. The number of quaternary nitrogens is 1. The number of carbonyl (C=O) groups excluding carboxylic acids is 1. The van der Waals surface area contributed by atoms with Gasteiger partial charge >= 0.3 is 6.03 Å². The Balaban J connectivity index is -0.000000142. The van der Waals surface area contributed by atoms with Gasteiger partial charge in [0.2, 0.25) is 0 Å². The molecule has 0 aromatic rings. The van der Waals surface area contributed by atoms with E-state index in [0.717, 1.165) is 11.0 Å². The van der Waals surface area contributed by atoms with E-state index in [0.29, 0.717) is 0 Å². The lowest BCUT2D eigenvalue weighted by molar-refractivity contribution is -0.870. The van der Waals surface area contributed by atoms with Crippen molar-refractivity contribution in [3.05, 3.63) is 0 Å². The summed E-state index contributed by atoms with van der Waals surface area (Å²) in [5.74, 6) is 0. The number of urea groups is 1. The summed E-state index contributed by atoms with van der Waals surface area (Å²) >= 11 is 0. The summed E-state index contributed by atoms with van der Waals surface area (Å²) in [6.07, 6.45) is 0. The summed E-state index contributed by atoms with van der Waals surface area (Å²) in [4.78, 5) is 9.00. The molecule has 0 saturated heterocycles. The third kappa shape index (κ3) is 51.4. The number of aliphatic hydroxyl groups excluding tert-OH is 1. The number of aliphatic hydroxyl groups is 1. The van der Waals surface area contributed by atoms with E-state index in [2.05, 4.69) is 32.6 Å². The quantitative estimate of drug-likeness (QED) is 0.355. The molecule has 0 aromatic carbocycles. The molecule has 0 heterocycles. The van der Waals surface area contributed by atoms with Gasteiger partial charge in [0.05, 0.1) is 27.7 Å². The zero-order chi connectivity index (χ0) is 9.49. The lowest BCUT2D eigenvalue weighted by Gasteiger charge is -2.21. The molecule has 0 aliphatic carbocycles. The van der Waals surface area contributed by atoms with Crippen LogP contribution >= 0.6 is 0 Å². The predicted molar refractivity (Wildman–Crippen MR) is 43.8 cm³/mol. The second-order valence-electron chi connectivity index (χ2n) is 3.14. The Hall–Kier alpha value is -0.0800. The van der Waals surface area contributed by atoms with Crippen LogP contribution in [-0.2, 0) is 0 Å². The first-order chi connectivity index (χ1) is 4.79. The number of hydrogen-bond donors (Lipinski definition) is 3. The molecule has 0 fully saturated rings. The van der Waals surface area contributed by atoms with Crippen LogP contribution in [0.25, 0.3) is 0 Å². The van der Waals surface area contributed by atoms with Crippen LogP contribution in [0, 0.1) is 0 Å². The van der Waals surface area contributed by atoms with Crippen LogP contribution in [0.5, 0.6) is 0 Å². The molecule has 0 saturated carbocycles. The zero-order valence-corrected chi connectivity index (χ0v) is 9.91. The first-order valence-electron chi connectivity index (χ1n) is 3.26. The van der Waals surface area contributed by atoms with E-state index in [-0.39, 0.29) is 30.6 Å². The number of halogens is 1. The minimum Gasteiger partial charge on any atom is -1.00 e. The van der Waals surface area contributed by atoms with Gasteiger partial charge in [-0.15, -0.1) is 0 Å². The molecule has 6 heteroatoms. The third-order valence-electron chi connectivity index (χ3n) is 0.771. The number of likely N-dealkylation sites (N-methyl/N-ethyl adjacent to an activating group) is 1. The fraction of sp³-hybridized carbons (Fsp3) is 0.833. The molecule has 0 rings (SSSR count). The fourth-order valence-corrected chi connectivity index (χ4v) is 0.300. The number of nitrogens with zero attached hydrogens (tertiary/aromatic N) is 1. The molecular weight excluding hydrogens is 273 g/mol. The highest BCUT2D eigenvalue weighted by Gasteiger charge is 2.02. The van der Waals surface area contributed by atoms with Crippen molar-refractivity contribution in [3.63, 3.8) is 0 Å². The molecule has 0 aliphatic heterocycles. The minimum absolute atomic E-state index is 0. The van der Waals surface area contributed by atoms with Crippen molar-refractivity contribution in [3.8, 4) is 0 Å². The number of rotatable bonds is 2. The second-order valence-corrected chi connectivity index (χ2v) is 3.14. The molecule has 2 amide bonds. The van der Waals surface area contributed by atoms with Crippen molar-refractivity contribution in [2.45, 2.75) is 0 Å². The van der Waals surface area contributed by atoms with Crippen molar-refractivity contribution < 1.29 is 38.4 Å². The average Bonchev–Trinajstić information content (AvgIpc) is 1.58. The number of hydrogen-bond acceptors (Lipinski definition) is 2. The second kappa shape index (κ2) is 9.01. The van der Waals surface area contributed by atoms with E-state index in [1.807, 2.05) is 0 Å². The summed E-state index contributed by atoms with van der Waals surface area (Å²) in [7, 11) is 6.16. The van der Waals surface area contributed by atoms with E-state index >= 15 is 0 Å². The van der Waals surface area contributed by atoms with Crippen molar-refractivity contribution in [2.24, 2.45) is 11.5 Å². The Kier molecular flexibility index (Phi) is 13.4. The van der Waals surface area contributed by atoms with Crippen molar-refractivity contribution in [2.75, 3.05) is 34.3 Å². The maximum Gasteiger partial charge on any atom is 0.309 e. The SMILES string of the molecule is C[N+](C)(C)CCO.NC(N)=O.[I-]. The standard InChI is InChI=1S/C5H14NO.CH4N2O.HI/c1-6(2,3)4-5-7;2-1(3)4;/h7H,4-5H2,1-3H3;(H4,2,3,4);1H/q+1;;/p-1. The predicted octanol–water partition coefficient (Wildman–Crippen LogP) is -4.29. The maximum absolute atomic E-state index is 9.00. The monoisotopic (exact) mass is 291 g/mol. The van der Waals surface area contributed by atoms with Gasteiger partial charge in [-0.1, -0.05) is 0 Å². The molecule has 0 spiro atoms. The Morgan fingerprint density at radius 3 is 1.58 bits per heavy atom. The molecule has 76 valence electrons. The fourth-order valence-electron chi connectivity index (χ4n) is 0.300. The number of carbonyl (C=O) groups is 1. The van der Waals surface area contributed by atoms with E-state index < -0.39 is 6.03 Å². The highest BCUT2D eigenvalue weighted by atomic mass is 127. The average molecular weight is 291 g/mol. The first kappa shape index (κ1) is 17.9. The van der Waals surface area contributed by atoms with Gasteiger partial charge in [0, 0.05) is 0 Å². The van der Waals surface area contributed by atoms with Crippen LogP contribution in [0.2, 0.25) is 0 Å². The van der Waals surface area contributed by atoms with Gasteiger partial charge in [-0.25, -0.2) is 4.79 Å². The molecule has 0 unspecified atom stereocenters. The van der Waals surface area contributed by atoms with Crippen molar-refractivity contribution in [1.29, 1.82) is 0 Å². The third-order valence-corrected chi connectivity index (χ3v) is 0.771. The Labute approximate surface area is 90.3 Å². The largest absolute Gasteiger partial charge is 1.00 e. The van der Waals surface area contributed by atoms with Gasteiger partial charge < -0.3 is 45.0 Å². The number of primary amides is 2. The Morgan fingerprint density at radius 1 is 1.33 bits per heavy atom. The lowest BCUT2D eigenvalue weighted by Crippen LogP contribution is -3.00. The molecule has 12 heavy (non-hydrogen) atoms. The van der Waals surface area contributed by atoms with Gasteiger partial charge in [0.15, 0.2) is 0 Å². The van der Waals surface area contributed by atoms with Gasteiger partial charge in [0.25, 0.3) is 0 Å². The van der Waals surface area contributed by atoms with Crippen LogP contribution in [0.15, 0.2) is 0 Å². The van der Waals surface area contributed by atoms with E-state index in [1.54, 1.807) is 0 Å². The lowest BCUT2D eigenvalue weighted by atomic mass is 10.5. The smallest absolute Gasteiger partial charge is 0.309 e. The van der Waals surface area contributed by atoms with Crippen LogP contribution in [-0.4, -0.2) is 49.9 Å². The summed E-state index contributed by atoms with van der Waals surface area (Å²) in [6.45, 7) is 1.11.